The minimum Gasteiger partial charge on any atom is -0.354 e. The number of hydrogen-bond donors (Lipinski definition) is 1. The van der Waals surface area contributed by atoms with Gasteiger partial charge in [0, 0.05) is 37.2 Å². The summed E-state index contributed by atoms with van der Waals surface area (Å²) >= 11 is 0. The fourth-order valence-electron chi connectivity index (χ4n) is 3.14. The van der Waals surface area contributed by atoms with Gasteiger partial charge < -0.3 is 10.2 Å². The predicted molar refractivity (Wildman–Crippen MR) is 104 cm³/mol. The van der Waals surface area contributed by atoms with Crippen molar-refractivity contribution in [2.45, 2.75) is 33.1 Å². The zero-order valence-electron chi connectivity index (χ0n) is 16.5. The Morgan fingerprint density at radius 2 is 1.96 bits per heavy atom. The molecule has 0 atom stereocenters. The van der Waals surface area contributed by atoms with Gasteiger partial charge in [-0.25, -0.2) is 4.98 Å². The lowest BCUT2D eigenvalue weighted by atomic mass is 9.96. The Hall–Kier alpha value is -3.10. The molecule has 0 aromatic carbocycles. The Morgan fingerprint density at radius 1 is 1.18 bits per heavy atom. The van der Waals surface area contributed by atoms with Crippen molar-refractivity contribution in [2.24, 2.45) is 5.92 Å². The molecular formula is C19H24N8O. The number of anilines is 1. The lowest BCUT2D eigenvalue weighted by Crippen LogP contribution is -2.52. The largest absolute Gasteiger partial charge is 0.354 e. The molecule has 9 heteroatoms. The minimum absolute atomic E-state index is 0.133. The molecule has 4 rings (SSSR count). The van der Waals surface area contributed by atoms with E-state index in [2.05, 4.69) is 51.2 Å². The summed E-state index contributed by atoms with van der Waals surface area (Å²) in [5.74, 6) is 1.92. The maximum atomic E-state index is 12.1. The van der Waals surface area contributed by atoms with E-state index in [1.54, 1.807) is 6.20 Å². The molecule has 0 radical (unpaired) electrons. The molecule has 1 fully saturated rings. The number of rotatable bonds is 4. The monoisotopic (exact) mass is 380 g/mol. The highest BCUT2D eigenvalue weighted by molar-refractivity contribution is 5.91. The van der Waals surface area contributed by atoms with Gasteiger partial charge in [-0.15, -0.1) is 15.3 Å². The van der Waals surface area contributed by atoms with Crippen molar-refractivity contribution in [3.8, 4) is 0 Å². The molecule has 1 N–H and O–H groups in total. The van der Waals surface area contributed by atoms with Gasteiger partial charge in [0.1, 0.15) is 11.5 Å². The first-order valence-electron chi connectivity index (χ1n) is 9.36. The summed E-state index contributed by atoms with van der Waals surface area (Å²) in [7, 11) is 0. The summed E-state index contributed by atoms with van der Waals surface area (Å²) in [6.07, 6.45) is 3.10. The van der Waals surface area contributed by atoms with Crippen molar-refractivity contribution in [1.29, 1.82) is 0 Å². The van der Waals surface area contributed by atoms with Crippen LogP contribution in [0.1, 0.15) is 42.8 Å². The number of nitrogens with one attached hydrogen (secondary N) is 1. The van der Waals surface area contributed by atoms with E-state index in [4.69, 9.17) is 5.10 Å². The maximum absolute atomic E-state index is 12.1. The predicted octanol–water partition coefficient (Wildman–Crippen LogP) is 1.39. The summed E-state index contributed by atoms with van der Waals surface area (Å²) in [5, 5.41) is 16.1. The molecular weight excluding hydrogens is 356 g/mol. The van der Waals surface area contributed by atoms with Gasteiger partial charge in [-0.3, -0.25) is 9.78 Å². The van der Waals surface area contributed by atoms with Crippen molar-refractivity contribution in [3.05, 3.63) is 41.7 Å². The third-order valence-corrected chi connectivity index (χ3v) is 4.77. The number of aryl methyl sites for hydroxylation is 1. The Morgan fingerprint density at radius 3 is 2.64 bits per heavy atom. The van der Waals surface area contributed by atoms with Crippen LogP contribution in [0.25, 0.3) is 5.65 Å². The number of aromatic nitrogens is 6. The molecule has 146 valence electrons. The van der Waals surface area contributed by atoms with E-state index in [0.717, 1.165) is 36.1 Å². The van der Waals surface area contributed by atoms with E-state index in [9.17, 15) is 4.79 Å². The Kier molecular flexibility index (Phi) is 4.44. The molecule has 0 unspecified atom stereocenters. The van der Waals surface area contributed by atoms with Crippen LogP contribution in [0.4, 0.5) is 5.82 Å². The van der Waals surface area contributed by atoms with Gasteiger partial charge in [0.25, 0.3) is 5.91 Å². The number of hydrogen-bond acceptors (Lipinski definition) is 7. The summed E-state index contributed by atoms with van der Waals surface area (Å²) in [5.41, 5.74) is 1.75. The van der Waals surface area contributed by atoms with Crippen molar-refractivity contribution >= 4 is 17.4 Å². The SMILES string of the molecule is Cc1cnc(C(=O)NCC2CN(c3ccc4nnc(C(C)(C)C)n4n3)C2)cn1. The van der Waals surface area contributed by atoms with Crippen molar-refractivity contribution < 1.29 is 4.79 Å². The average molecular weight is 380 g/mol. The molecule has 1 aliphatic heterocycles. The van der Waals surface area contributed by atoms with Gasteiger partial charge in [0.2, 0.25) is 0 Å². The van der Waals surface area contributed by atoms with Gasteiger partial charge in [-0.1, -0.05) is 20.8 Å². The average Bonchev–Trinajstić information content (AvgIpc) is 3.04. The van der Waals surface area contributed by atoms with Crippen LogP contribution in [0.5, 0.6) is 0 Å². The van der Waals surface area contributed by atoms with E-state index in [1.165, 1.54) is 6.20 Å². The van der Waals surface area contributed by atoms with Crippen LogP contribution in [-0.2, 0) is 5.41 Å². The van der Waals surface area contributed by atoms with E-state index >= 15 is 0 Å². The molecule has 0 bridgehead atoms. The van der Waals surface area contributed by atoms with Crippen molar-refractivity contribution in [1.82, 2.24) is 35.1 Å². The molecule has 0 aliphatic carbocycles. The number of carbonyl (C=O) groups is 1. The van der Waals surface area contributed by atoms with Gasteiger partial charge in [0.05, 0.1) is 11.9 Å². The number of fused-ring (bicyclic) bond motifs is 1. The third-order valence-electron chi connectivity index (χ3n) is 4.77. The lowest BCUT2D eigenvalue weighted by molar-refractivity contribution is 0.0939. The highest BCUT2D eigenvalue weighted by Gasteiger charge is 2.29. The first kappa shape index (κ1) is 18.3. The number of nitrogens with zero attached hydrogens (tertiary/aromatic N) is 7. The van der Waals surface area contributed by atoms with Gasteiger partial charge in [0.15, 0.2) is 11.5 Å². The first-order chi connectivity index (χ1) is 13.3. The molecule has 0 saturated carbocycles. The summed E-state index contributed by atoms with van der Waals surface area (Å²) < 4.78 is 1.82. The molecule has 4 heterocycles. The zero-order valence-corrected chi connectivity index (χ0v) is 16.5. The second-order valence-corrected chi connectivity index (χ2v) is 8.26. The Labute approximate surface area is 163 Å². The fourth-order valence-corrected chi connectivity index (χ4v) is 3.14. The normalized spacial score (nSPS) is 14.9. The van der Waals surface area contributed by atoms with Crippen molar-refractivity contribution in [2.75, 3.05) is 24.5 Å². The zero-order chi connectivity index (χ0) is 19.9. The van der Waals surface area contributed by atoms with Crippen LogP contribution in [0.15, 0.2) is 24.5 Å². The molecule has 1 amide bonds. The summed E-state index contributed by atoms with van der Waals surface area (Å²) in [6, 6.07) is 3.91. The number of amides is 1. The third kappa shape index (κ3) is 3.51. The quantitative estimate of drug-likeness (QED) is 0.730. The molecule has 3 aromatic rings. The molecule has 1 saturated heterocycles. The van der Waals surface area contributed by atoms with Crippen LogP contribution < -0.4 is 10.2 Å². The molecule has 28 heavy (non-hydrogen) atoms. The van der Waals surface area contributed by atoms with Crippen LogP contribution in [-0.4, -0.2) is 55.3 Å². The summed E-state index contributed by atoms with van der Waals surface area (Å²) in [4.78, 5) is 22.5. The molecule has 9 nitrogen and oxygen atoms in total. The number of carbonyl (C=O) groups excluding carboxylic acids is 1. The van der Waals surface area contributed by atoms with Crippen molar-refractivity contribution in [3.63, 3.8) is 0 Å². The fraction of sp³-hybridized carbons (Fsp3) is 0.474. The van der Waals surface area contributed by atoms with E-state index < -0.39 is 0 Å². The Balaban J connectivity index is 1.36. The van der Waals surface area contributed by atoms with Crippen LogP contribution in [0.3, 0.4) is 0 Å². The van der Waals surface area contributed by atoms with E-state index in [0.29, 0.717) is 18.2 Å². The maximum Gasteiger partial charge on any atom is 0.271 e. The van der Waals surface area contributed by atoms with Gasteiger partial charge in [-0.05, 0) is 19.1 Å². The molecule has 3 aromatic heterocycles. The standard InChI is InChI=1S/C19H24N8O/c1-12-7-21-14(9-20-12)17(28)22-8-13-10-26(11-13)16-6-5-15-23-24-18(19(2,3)4)27(15)25-16/h5-7,9,13H,8,10-11H2,1-4H3,(H,22,28). The highest BCUT2D eigenvalue weighted by Crippen LogP contribution is 2.25. The second-order valence-electron chi connectivity index (χ2n) is 8.26. The molecule has 0 spiro atoms. The van der Waals surface area contributed by atoms with Gasteiger partial charge >= 0.3 is 0 Å². The first-order valence-corrected chi connectivity index (χ1v) is 9.36. The Bertz CT molecular complexity index is 999. The molecule has 1 aliphatic rings. The van der Waals surface area contributed by atoms with Crippen LogP contribution >= 0.6 is 0 Å². The van der Waals surface area contributed by atoms with Crippen LogP contribution in [0.2, 0.25) is 0 Å². The van der Waals surface area contributed by atoms with Gasteiger partial charge in [-0.2, -0.15) is 4.52 Å². The minimum atomic E-state index is -0.190. The lowest BCUT2D eigenvalue weighted by Gasteiger charge is -2.40. The van der Waals surface area contributed by atoms with Crippen LogP contribution in [0, 0.1) is 12.8 Å². The van der Waals surface area contributed by atoms with E-state index in [-0.39, 0.29) is 11.3 Å². The second kappa shape index (κ2) is 6.81. The highest BCUT2D eigenvalue weighted by atomic mass is 16.1. The smallest absolute Gasteiger partial charge is 0.271 e. The topological polar surface area (TPSA) is 101 Å². The summed E-state index contributed by atoms with van der Waals surface area (Å²) in [6.45, 7) is 10.4. The van der Waals surface area contributed by atoms with E-state index in [1.807, 2.05) is 23.6 Å².